The number of carbonyl (C=O) groups excluding carboxylic acids is 3. The van der Waals surface area contributed by atoms with Crippen molar-refractivity contribution in [2.75, 3.05) is 23.3 Å². The summed E-state index contributed by atoms with van der Waals surface area (Å²) in [6.07, 6.45) is 1.42. The van der Waals surface area contributed by atoms with E-state index in [1.807, 2.05) is 29.6 Å². The minimum atomic E-state index is -0.915. The Bertz CT molecular complexity index is 1130. The molecule has 1 aliphatic rings. The van der Waals surface area contributed by atoms with Crippen LogP contribution in [0.4, 0.5) is 11.4 Å². The summed E-state index contributed by atoms with van der Waals surface area (Å²) < 4.78 is 1.05. The van der Waals surface area contributed by atoms with Crippen molar-refractivity contribution in [3.8, 4) is 0 Å². The van der Waals surface area contributed by atoms with Crippen molar-refractivity contribution < 1.29 is 19.5 Å². The molecule has 3 amide bonds. The van der Waals surface area contributed by atoms with Gasteiger partial charge in [-0.2, -0.15) is 0 Å². The number of benzene rings is 2. The fraction of sp³-hybridized carbons (Fsp3) is 0.261. The number of aliphatic hydroxyl groups excluding tert-OH is 1. The van der Waals surface area contributed by atoms with E-state index >= 15 is 0 Å². The lowest BCUT2D eigenvalue weighted by Gasteiger charge is -2.27. The van der Waals surface area contributed by atoms with E-state index in [1.54, 1.807) is 29.2 Å². The predicted octanol–water partition coefficient (Wildman–Crippen LogP) is 3.21. The molecule has 0 unspecified atom stereocenters. The number of fused-ring (bicyclic) bond motifs is 1. The zero-order valence-corrected chi connectivity index (χ0v) is 17.7. The topological polar surface area (TPSA) is 98.7 Å². The largest absolute Gasteiger partial charge is 0.387 e. The lowest BCUT2D eigenvalue weighted by atomic mass is 10.1. The molecule has 2 heterocycles. The molecular weight excluding hydrogens is 414 g/mol. The van der Waals surface area contributed by atoms with Crippen LogP contribution in [0.25, 0.3) is 10.1 Å². The highest BCUT2D eigenvalue weighted by molar-refractivity contribution is 7.17. The van der Waals surface area contributed by atoms with Gasteiger partial charge in [0.15, 0.2) is 0 Å². The number of hydrogen-bond acceptors (Lipinski definition) is 5. The number of aliphatic hydroxyl groups is 1. The molecule has 1 fully saturated rings. The molecule has 0 spiro atoms. The van der Waals surface area contributed by atoms with E-state index in [2.05, 4.69) is 10.6 Å². The van der Waals surface area contributed by atoms with Crippen LogP contribution in [-0.4, -0.2) is 35.9 Å². The van der Waals surface area contributed by atoms with Crippen LogP contribution >= 0.6 is 11.3 Å². The Kier molecular flexibility index (Phi) is 6.29. The Hall–Kier alpha value is -3.23. The van der Waals surface area contributed by atoms with Gasteiger partial charge in [0.05, 0.1) is 6.10 Å². The molecule has 1 saturated heterocycles. The standard InChI is InChI=1S/C23H23N3O4S/c27-19(18-14-31-20-9-2-1-8-17(18)20)13-24-22(29)23(30)25-15-6-5-7-16(12-15)26-11-4-3-10-21(26)28/h1-2,5-9,12,14,19,27H,3-4,10-11,13H2,(H,24,29)(H,25,30)/t19-/m0/s1. The third-order valence-electron chi connectivity index (χ3n) is 5.27. The molecule has 0 saturated carbocycles. The van der Waals surface area contributed by atoms with Crippen LogP contribution in [0.3, 0.4) is 0 Å². The van der Waals surface area contributed by atoms with E-state index in [0.717, 1.165) is 28.5 Å². The Morgan fingerprint density at radius 1 is 1.10 bits per heavy atom. The average Bonchev–Trinajstić information content (AvgIpc) is 3.22. The van der Waals surface area contributed by atoms with E-state index in [0.29, 0.717) is 24.3 Å². The van der Waals surface area contributed by atoms with E-state index in [1.165, 1.54) is 11.3 Å². The molecule has 0 radical (unpaired) electrons. The molecule has 31 heavy (non-hydrogen) atoms. The van der Waals surface area contributed by atoms with Crippen LogP contribution < -0.4 is 15.5 Å². The van der Waals surface area contributed by atoms with Crippen LogP contribution in [0.15, 0.2) is 53.9 Å². The molecular formula is C23H23N3O4S. The maximum absolute atomic E-state index is 12.3. The Labute approximate surface area is 183 Å². The number of piperidine rings is 1. The molecule has 2 aromatic carbocycles. The fourth-order valence-corrected chi connectivity index (χ4v) is 4.66. The lowest BCUT2D eigenvalue weighted by molar-refractivity contribution is -0.136. The summed E-state index contributed by atoms with van der Waals surface area (Å²) in [5, 5.41) is 18.3. The number of nitrogens with one attached hydrogen (secondary N) is 2. The summed E-state index contributed by atoms with van der Waals surface area (Å²) in [7, 11) is 0. The van der Waals surface area contributed by atoms with Crippen molar-refractivity contribution in [2.45, 2.75) is 25.4 Å². The van der Waals surface area contributed by atoms with Crippen molar-refractivity contribution in [2.24, 2.45) is 0 Å². The minimum Gasteiger partial charge on any atom is -0.387 e. The number of nitrogens with zero attached hydrogens (tertiary/aromatic N) is 1. The number of hydrogen-bond donors (Lipinski definition) is 3. The zero-order chi connectivity index (χ0) is 21.8. The second kappa shape index (κ2) is 9.28. The molecule has 4 rings (SSSR count). The van der Waals surface area contributed by atoms with Crippen molar-refractivity contribution >= 4 is 50.5 Å². The molecule has 7 nitrogen and oxygen atoms in total. The Balaban J connectivity index is 1.35. The summed E-state index contributed by atoms with van der Waals surface area (Å²) in [6.45, 7) is 0.571. The summed E-state index contributed by atoms with van der Waals surface area (Å²) in [5.41, 5.74) is 1.85. The van der Waals surface area contributed by atoms with Crippen molar-refractivity contribution in [1.82, 2.24) is 5.32 Å². The maximum atomic E-state index is 12.3. The highest BCUT2D eigenvalue weighted by atomic mass is 32.1. The molecule has 1 atom stereocenters. The Morgan fingerprint density at radius 3 is 2.77 bits per heavy atom. The van der Waals surface area contributed by atoms with Crippen LogP contribution in [0.1, 0.15) is 30.9 Å². The van der Waals surface area contributed by atoms with Gasteiger partial charge < -0.3 is 20.6 Å². The predicted molar refractivity (Wildman–Crippen MR) is 121 cm³/mol. The normalized spacial score (nSPS) is 15.0. The number of thiophene rings is 1. The van der Waals surface area contributed by atoms with Gasteiger partial charge in [-0.1, -0.05) is 24.3 Å². The number of amides is 3. The first-order chi connectivity index (χ1) is 15.0. The van der Waals surface area contributed by atoms with Gasteiger partial charge >= 0.3 is 11.8 Å². The number of carbonyl (C=O) groups is 3. The fourth-order valence-electron chi connectivity index (χ4n) is 3.65. The van der Waals surface area contributed by atoms with Crippen LogP contribution in [0.5, 0.6) is 0 Å². The maximum Gasteiger partial charge on any atom is 0.313 e. The van der Waals surface area contributed by atoms with E-state index in [4.69, 9.17) is 0 Å². The van der Waals surface area contributed by atoms with E-state index in [-0.39, 0.29) is 12.5 Å². The first kappa shape index (κ1) is 21.0. The van der Waals surface area contributed by atoms with Crippen LogP contribution in [-0.2, 0) is 14.4 Å². The second-order valence-corrected chi connectivity index (χ2v) is 8.33. The molecule has 3 aromatic rings. The molecule has 3 N–H and O–H groups in total. The minimum absolute atomic E-state index is 0.0578. The highest BCUT2D eigenvalue weighted by Gasteiger charge is 2.21. The zero-order valence-electron chi connectivity index (χ0n) is 16.8. The third-order valence-corrected chi connectivity index (χ3v) is 6.25. The van der Waals surface area contributed by atoms with E-state index in [9.17, 15) is 19.5 Å². The van der Waals surface area contributed by atoms with E-state index < -0.39 is 17.9 Å². The average molecular weight is 438 g/mol. The summed E-state index contributed by atoms with van der Waals surface area (Å²) in [4.78, 5) is 38.3. The molecule has 0 bridgehead atoms. The highest BCUT2D eigenvalue weighted by Crippen LogP contribution is 2.30. The molecule has 160 valence electrons. The van der Waals surface area contributed by atoms with Crippen molar-refractivity contribution in [1.29, 1.82) is 0 Å². The van der Waals surface area contributed by atoms with Gasteiger partial charge in [-0.3, -0.25) is 14.4 Å². The molecule has 1 aromatic heterocycles. The van der Waals surface area contributed by atoms with Crippen LogP contribution in [0, 0.1) is 0 Å². The summed E-state index contributed by atoms with van der Waals surface area (Å²) >= 11 is 1.52. The monoisotopic (exact) mass is 437 g/mol. The summed E-state index contributed by atoms with van der Waals surface area (Å²) in [6, 6.07) is 14.6. The lowest BCUT2D eigenvalue weighted by Crippen LogP contribution is -2.38. The Morgan fingerprint density at radius 2 is 1.94 bits per heavy atom. The quantitative estimate of drug-likeness (QED) is 0.534. The van der Waals surface area contributed by atoms with Gasteiger partial charge in [-0.25, -0.2) is 0 Å². The molecule has 8 heteroatoms. The number of rotatable bonds is 5. The van der Waals surface area contributed by atoms with Crippen molar-refractivity contribution in [3.05, 3.63) is 59.5 Å². The van der Waals surface area contributed by atoms with Crippen LogP contribution in [0.2, 0.25) is 0 Å². The number of anilines is 2. The van der Waals surface area contributed by atoms with Gasteiger partial charge in [0, 0.05) is 41.1 Å². The smallest absolute Gasteiger partial charge is 0.313 e. The van der Waals surface area contributed by atoms with Crippen molar-refractivity contribution in [3.63, 3.8) is 0 Å². The first-order valence-electron chi connectivity index (χ1n) is 10.2. The van der Waals surface area contributed by atoms with Gasteiger partial charge in [0.2, 0.25) is 5.91 Å². The SMILES string of the molecule is O=C(NC[C@H](O)c1csc2ccccc12)C(=O)Nc1cccc(N2CCCCC2=O)c1. The summed E-state index contributed by atoms with van der Waals surface area (Å²) in [5.74, 6) is -1.61. The van der Waals surface area contributed by atoms with Gasteiger partial charge in [0.1, 0.15) is 0 Å². The first-order valence-corrected chi connectivity index (χ1v) is 11.0. The second-order valence-electron chi connectivity index (χ2n) is 7.42. The van der Waals surface area contributed by atoms with Gasteiger partial charge in [0.25, 0.3) is 0 Å². The van der Waals surface area contributed by atoms with Gasteiger partial charge in [-0.05, 0) is 47.9 Å². The molecule has 0 aliphatic carbocycles. The molecule has 1 aliphatic heterocycles. The third kappa shape index (κ3) is 4.76. The van der Waals surface area contributed by atoms with Gasteiger partial charge in [-0.15, -0.1) is 11.3 Å².